The van der Waals surface area contributed by atoms with E-state index in [1.165, 1.54) is 0 Å². The molecule has 3 atom stereocenters. The van der Waals surface area contributed by atoms with Crippen LogP contribution >= 0.6 is 0 Å². The van der Waals surface area contributed by atoms with Gasteiger partial charge in [0.25, 0.3) is 0 Å². The minimum Gasteiger partial charge on any atom is -0.462 e. The van der Waals surface area contributed by atoms with Gasteiger partial charge in [-0.1, -0.05) is 55.5 Å². The fourth-order valence-corrected chi connectivity index (χ4v) is 3.17. The van der Waals surface area contributed by atoms with Gasteiger partial charge >= 0.3 is 5.97 Å². The molecular formula is C20H23NO2. The third-order valence-electron chi connectivity index (χ3n) is 4.50. The van der Waals surface area contributed by atoms with Crippen LogP contribution in [0.25, 0.3) is 0 Å². The van der Waals surface area contributed by atoms with Crippen LogP contribution in [0, 0.1) is 5.92 Å². The SMILES string of the molecule is CCC1CCC(C(Nc2ccccc2)c2ccccc2)C(=O)O1. The van der Waals surface area contributed by atoms with Crippen molar-refractivity contribution in [2.75, 3.05) is 5.32 Å². The van der Waals surface area contributed by atoms with E-state index in [0.29, 0.717) is 0 Å². The van der Waals surface area contributed by atoms with Gasteiger partial charge in [0.2, 0.25) is 0 Å². The van der Waals surface area contributed by atoms with Gasteiger partial charge in [-0.25, -0.2) is 0 Å². The molecule has 2 aromatic rings. The van der Waals surface area contributed by atoms with Gasteiger partial charge in [-0.2, -0.15) is 0 Å². The second-order valence-corrected chi connectivity index (χ2v) is 6.05. The topological polar surface area (TPSA) is 38.3 Å². The van der Waals surface area contributed by atoms with Crippen molar-refractivity contribution < 1.29 is 9.53 Å². The van der Waals surface area contributed by atoms with E-state index >= 15 is 0 Å². The van der Waals surface area contributed by atoms with Crippen LogP contribution in [-0.4, -0.2) is 12.1 Å². The van der Waals surface area contributed by atoms with Crippen LogP contribution in [-0.2, 0) is 9.53 Å². The van der Waals surface area contributed by atoms with Gasteiger partial charge in [0.1, 0.15) is 6.10 Å². The molecule has 3 nitrogen and oxygen atoms in total. The minimum atomic E-state index is -0.152. The van der Waals surface area contributed by atoms with Crippen molar-refractivity contribution in [1.29, 1.82) is 0 Å². The number of cyclic esters (lactones) is 1. The van der Waals surface area contributed by atoms with E-state index in [1.54, 1.807) is 0 Å². The van der Waals surface area contributed by atoms with E-state index in [4.69, 9.17) is 4.74 Å². The van der Waals surface area contributed by atoms with Crippen LogP contribution in [0.5, 0.6) is 0 Å². The van der Waals surface area contributed by atoms with Crippen molar-refractivity contribution in [2.45, 2.75) is 38.3 Å². The Kier molecular flexibility index (Phi) is 4.96. The zero-order valence-electron chi connectivity index (χ0n) is 13.4. The Morgan fingerprint density at radius 3 is 2.30 bits per heavy atom. The number of anilines is 1. The van der Waals surface area contributed by atoms with E-state index in [-0.39, 0.29) is 24.0 Å². The molecule has 23 heavy (non-hydrogen) atoms. The maximum atomic E-state index is 12.5. The molecule has 0 amide bonds. The van der Waals surface area contributed by atoms with Gasteiger partial charge in [0.05, 0.1) is 12.0 Å². The third kappa shape index (κ3) is 3.73. The summed E-state index contributed by atoms with van der Waals surface area (Å²) in [6, 6.07) is 20.1. The number of ether oxygens (including phenoxy) is 1. The molecule has 1 aliphatic rings. The summed E-state index contributed by atoms with van der Waals surface area (Å²) in [6.07, 6.45) is 2.76. The Balaban J connectivity index is 1.85. The van der Waals surface area contributed by atoms with Gasteiger partial charge in [-0.05, 0) is 37.0 Å². The van der Waals surface area contributed by atoms with E-state index in [9.17, 15) is 4.79 Å². The number of benzene rings is 2. The first-order valence-electron chi connectivity index (χ1n) is 8.35. The van der Waals surface area contributed by atoms with Crippen molar-refractivity contribution in [2.24, 2.45) is 5.92 Å². The second-order valence-electron chi connectivity index (χ2n) is 6.05. The van der Waals surface area contributed by atoms with Crippen LogP contribution in [0.3, 0.4) is 0 Å². The number of esters is 1. The van der Waals surface area contributed by atoms with Crippen LogP contribution in [0.15, 0.2) is 60.7 Å². The number of hydrogen-bond donors (Lipinski definition) is 1. The Morgan fingerprint density at radius 1 is 1.04 bits per heavy atom. The maximum absolute atomic E-state index is 12.5. The van der Waals surface area contributed by atoms with E-state index in [1.807, 2.05) is 48.5 Å². The van der Waals surface area contributed by atoms with Gasteiger partial charge in [0.15, 0.2) is 0 Å². The Labute approximate surface area is 137 Å². The third-order valence-corrected chi connectivity index (χ3v) is 4.50. The summed E-state index contributed by atoms with van der Waals surface area (Å²) in [5, 5.41) is 3.53. The molecule has 0 bridgehead atoms. The van der Waals surface area contributed by atoms with Crippen molar-refractivity contribution in [3.8, 4) is 0 Å². The van der Waals surface area contributed by atoms with Gasteiger partial charge in [-0.3, -0.25) is 4.79 Å². The second kappa shape index (κ2) is 7.32. The average Bonchev–Trinajstić information content (AvgIpc) is 2.61. The highest BCUT2D eigenvalue weighted by molar-refractivity contribution is 5.75. The molecule has 0 radical (unpaired) electrons. The predicted octanol–water partition coefficient (Wildman–Crippen LogP) is 4.57. The number of nitrogens with one attached hydrogen (secondary N) is 1. The molecule has 0 spiro atoms. The highest BCUT2D eigenvalue weighted by Crippen LogP contribution is 2.34. The Bertz CT molecular complexity index is 627. The summed E-state index contributed by atoms with van der Waals surface area (Å²) >= 11 is 0. The first-order chi connectivity index (χ1) is 11.3. The molecule has 0 aliphatic carbocycles. The van der Waals surface area contributed by atoms with Crippen LogP contribution < -0.4 is 5.32 Å². The molecule has 1 N–H and O–H groups in total. The summed E-state index contributed by atoms with van der Waals surface area (Å²) in [7, 11) is 0. The van der Waals surface area contributed by atoms with E-state index < -0.39 is 0 Å². The summed E-state index contributed by atoms with van der Waals surface area (Å²) < 4.78 is 5.61. The monoisotopic (exact) mass is 309 g/mol. The molecule has 2 aromatic carbocycles. The molecule has 1 saturated heterocycles. The van der Waals surface area contributed by atoms with Gasteiger partial charge < -0.3 is 10.1 Å². The van der Waals surface area contributed by atoms with E-state index in [0.717, 1.165) is 30.5 Å². The fourth-order valence-electron chi connectivity index (χ4n) is 3.17. The Hall–Kier alpha value is -2.29. The molecule has 1 heterocycles. The van der Waals surface area contributed by atoms with E-state index in [2.05, 4.69) is 24.4 Å². The van der Waals surface area contributed by atoms with Crippen LogP contribution in [0.2, 0.25) is 0 Å². The normalized spacial score (nSPS) is 22.2. The molecule has 3 heteroatoms. The standard InChI is InChI=1S/C20H23NO2/c1-2-17-13-14-18(20(22)23-17)19(15-9-5-3-6-10-15)21-16-11-7-4-8-12-16/h3-12,17-19,21H,2,13-14H2,1H3. The summed E-state index contributed by atoms with van der Waals surface area (Å²) in [6.45, 7) is 2.06. The number of hydrogen-bond acceptors (Lipinski definition) is 3. The number of rotatable bonds is 5. The number of carbonyl (C=O) groups is 1. The predicted molar refractivity (Wildman–Crippen MR) is 92.1 cm³/mol. The molecule has 1 fully saturated rings. The molecule has 0 aromatic heterocycles. The first-order valence-corrected chi connectivity index (χ1v) is 8.35. The van der Waals surface area contributed by atoms with Crippen molar-refractivity contribution in [3.05, 3.63) is 66.2 Å². The largest absolute Gasteiger partial charge is 0.462 e. The molecule has 3 rings (SSSR count). The van der Waals surface area contributed by atoms with Crippen molar-refractivity contribution >= 4 is 11.7 Å². The lowest BCUT2D eigenvalue weighted by Gasteiger charge is -2.33. The zero-order chi connectivity index (χ0) is 16.1. The van der Waals surface area contributed by atoms with Gasteiger partial charge in [0, 0.05) is 5.69 Å². The Morgan fingerprint density at radius 2 is 1.70 bits per heavy atom. The average molecular weight is 309 g/mol. The minimum absolute atomic E-state index is 0.0658. The lowest BCUT2D eigenvalue weighted by atomic mass is 9.86. The fraction of sp³-hybridized carbons (Fsp3) is 0.350. The number of para-hydroxylation sites is 1. The molecular weight excluding hydrogens is 286 g/mol. The molecule has 120 valence electrons. The molecule has 1 aliphatic heterocycles. The zero-order valence-corrected chi connectivity index (χ0v) is 13.4. The summed E-state index contributed by atoms with van der Waals surface area (Å²) in [5.74, 6) is -0.235. The smallest absolute Gasteiger partial charge is 0.311 e. The summed E-state index contributed by atoms with van der Waals surface area (Å²) in [4.78, 5) is 12.5. The maximum Gasteiger partial charge on any atom is 0.311 e. The lowest BCUT2D eigenvalue weighted by molar-refractivity contribution is -0.161. The highest BCUT2D eigenvalue weighted by Gasteiger charge is 2.36. The number of carbonyl (C=O) groups excluding carboxylic acids is 1. The van der Waals surface area contributed by atoms with Crippen LogP contribution in [0.4, 0.5) is 5.69 Å². The van der Waals surface area contributed by atoms with Crippen LogP contribution in [0.1, 0.15) is 37.8 Å². The quantitative estimate of drug-likeness (QED) is 0.822. The van der Waals surface area contributed by atoms with Crippen molar-refractivity contribution in [3.63, 3.8) is 0 Å². The van der Waals surface area contributed by atoms with Gasteiger partial charge in [-0.15, -0.1) is 0 Å². The summed E-state index contributed by atoms with van der Waals surface area (Å²) in [5.41, 5.74) is 2.14. The van der Waals surface area contributed by atoms with Crippen molar-refractivity contribution in [1.82, 2.24) is 0 Å². The highest BCUT2D eigenvalue weighted by atomic mass is 16.5. The first kappa shape index (κ1) is 15.6. The molecule has 3 unspecified atom stereocenters. The lowest BCUT2D eigenvalue weighted by Crippen LogP contribution is -2.36. The molecule has 0 saturated carbocycles.